The van der Waals surface area contributed by atoms with Gasteiger partial charge >= 0.3 is 0 Å². The van der Waals surface area contributed by atoms with E-state index in [0.29, 0.717) is 27.8 Å². The van der Waals surface area contributed by atoms with Gasteiger partial charge in [-0.05, 0) is 67.1 Å². The Labute approximate surface area is 182 Å². The van der Waals surface area contributed by atoms with Crippen LogP contribution in [0.3, 0.4) is 0 Å². The highest BCUT2D eigenvalue weighted by atomic mass is 35.5. The van der Waals surface area contributed by atoms with Gasteiger partial charge < -0.3 is 16.2 Å². The molecule has 154 valence electrons. The number of nitrogens with zero attached hydrogens (tertiary/aromatic N) is 1. The standard InChI is InChI=1S/C21H29Cl2N3OS/c22-18-13-16(14-19(23)21(18)24)20(27)15-25-9-4-1-2-6-11-28-12-8-17-7-3-5-10-26-17/h3,5,7,10,13-14,20,25,27H,1-2,4,6,8-9,11-12,15,24H2. The van der Waals surface area contributed by atoms with E-state index in [1.807, 2.05) is 30.1 Å². The van der Waals surface area contributed by atoms with Gasteiger partial charge in [0.05, 0.1) is 21.8 Å². The average molecular weight is 442 g/mol. The van der Waals surface area contributed by atoms with Crippen molar-refractivity contribution < 1.29 is 5.11 Å². The number of nitrogens with one attached hydrogen (secondary N) is 1. The van der Waals surface area contributed by atoms with Gasteiger partial charge in [-0.25, -0.2) is 0 Å². The van der Waals surface area contributed by atoms with Crippen LogP contribution in [0, 0.1) is 0 Å². The molecule has 0 saturated carbocycles. The third-order valence-corrected chi connectivity index (χ3v) is 6.14. The molecule has 1 aromatic heterocycles. The van der Waals surface area contributed by atoms with Gasteiger partial charge in [0.15, 0.2) is 0 Å². The molecule has 0 spiro atoms. The molecule has 0 fully saturated rings. The molecular formula is C21H29Cl2N3OS. The van der Waals surface area contributed by atoms with Gasteiger partial charge in [-0.15, -0.1) is 0 Å². The summed E-state index contributed by atoms with van der Waals surface area (Å²) >= 11 is 14.0. The van der Waals surface area contributed by atoms with Crippen LogP contribution in [0.15, 0.2) is 36.5 Å². The first kappa shape index (κ1) is 23.3. The van der Waals surface area contributed by atoms with Crippen molar-refractivity contribution in [2.24, 2.45) is 0 Å². The summed E-state index contributed by atoms with van der Waals surface area (Å²) in [5.41, 5.74) is 7.92. The molecule has 1 atom stereocenters. The summed E-state index contributed by atoms with van der Waals surface area (Å²) in [6, 6.07) is 9.41. The van der Waals surface area contributed by atoms with Gasteiger partial charge in [0.1, 0.15) is 0 Å². The Morgan fingerprint density at radius 3 is 2.54 bits per heavy atom. The molecule has 2 rings (SSSR count). The van der Waals surface area contributed by atoms with Crippen LogP contribution in [0.1, 0.15) is 43.0 Å². The predicted molar refractivity (Wildman–Crippen MR) is 122 cm³/mol. The number of aliphatic hydroxyl groups excluding tert-OH is 1. The van der Waals surface area contributed by atoms with Crippen LogP contribution in [0.5, 0.6) is 0 Å². The van der Waals surface area contributed by atoms with E-state index in [1.54, 1.807) is 12.1 Å². The molecule has 7 heteroatoms. The highest BCUT2D eigenvalue weighted by molar-refractivity contribution is 7.99. The Balaban J connectivity index is 1.45. The number of nitrogens with two attached hydrogens (primary N) is 1. The Kier molecular flexibility index (Phi) is 11.1. The second-order valence-corrected chi connectivity index (χ2v) is 8.75. The maximum Gasteiger partial charge on any atom is 0.0915 e. The maximum atomic E-state index is 10.2. The second kappa shape index (κ2) is 13.3. The van der Waals surface area contributed by atoms with Crippen LogP contribution in [-0.2, 0) is 6.42 Å². The van der Waals surface area contributed by atoms with E-state index in [0.717, 1.165) is 25.1 Å². The average Bonchev–Trinajstić information content (AvgIpc) is 2.70. The molecule has 0 saturated heterocycles. The summed E-state index contributed by atoms with van der Waals surface area (Å²) in [5, 5.41) is 14.3. The number of hydrogen-bond donors (Lipinski definition) is 3. The fraction of sp³-hybridized carbons (Fsp3) is 0.476. The van der Waals surface area contributed by atoms with Crippen molar-refractivity contribution >= 4 is 40.7 Å². The van der Waals surface area contributed by atoms with Gasteiger partial charge in [-0.1, -0.05) is 42.1 Å². The first-order valence-electron chi connectivity index (χ1n) is 9.68. The number of aryl methyl sites for hydroxylation is 1. The molecular weight excluding hydrogens is 413 g/mol. The number of nitrogen functional groups attached to an aromatic ring is 1. The number of benzene rings is 1. The Morgan fingerprint density at radius 1 is 1.07 bits per heavy atom. The number of thioether (sulfide) groups is 1. The van der Waals surface area contributed by atoms with E-state index in [1.165, 1.54) is 30.7 Å². The summed E-state index contributed by atoms with van der Waals surface area (Å²) in [5.74, 6) is 2.34. The lowest BCUT2D eigenvalue weighted by Gasteiger charge is -2.14. The van der Waals surface area contributed by atoms with E-state index in [-0.39, 0.29) is 0 Å². The van der Waals surface area contributed by atoms with Crippen molar-refractivity contribution in [1.82, 2.24) is 10.3 Å². The van der Waals surface area contributed by atoms with Crippen molar-refractivity contribution in [2.45, 2.75) is 38.2 Å². The number of aliphatic hydroxyl groups is 1. The number of anilines is 1. The lowest BCUT2D eigenvalue weighted by atomic mass is 10.1. The highest BCUT2D eigenvalue weighted by Gasteiger charge is 2.11. The molecule has 4 nitrogen and oxygen atoms in total. The largest absolute Gasteiger partial charge is 0.396 e. The number of pyridine rings is 1. The van der Waals surface area contributed by atoms with Gasteiger partial charge in [0, 0.05) is 18.4 Å². The summed E-state index contributed by atoms with van der Waals surface area (Å²) < 4.78 is 0. The Hall–Kier alpha value is -0.980. The lowest BCUT2D eigenvalue weighted by molar-refractivity contribution is 0.174. The topological polar surface area (TPSA) is 71.2 Å². The summed E-state index contributed by atoms with van der Waals surface area (Å²) in [4.78, 5) is 4.34. The zero-order valence-electron chi connectivity index (χ0n) is 16.0. The first-order valence-corrected chi connectivity index (χ1v) is 11.6. The number of unbranched alkanes of at least 4 members (excludes halogenated alkanes) is 3. The number of rotatable bonds is 13. The minimum atomic E-state index is -0.647. The van der Waals surface area contributed by atoms with Crippen molar-refractivity contribution in [3.8, 4) is 0 Å². The molecule has 4 N–H and O–H groups in total. The van der Waals surface area contributed by atoms with Gasteiger partial charge in [-0.3, -0.25) is 4.98 Å². The van der Waals surface area contributed by atoms with Crippen molar-refractivity contribution in [3.63, 3.8) is 0 Å². The lowest BCUT2D eigenvalue weighted by Crippen LogP contribution is -2.22. The van der Waals surface area contributed by atoms with Gasteiger partial charge in [0.2, 0.25) is 0 Å². The Morgan fingerprint density at radius 2 is 1.82 bits per heavy atom. The van der Waals surface area contributed by atoms with Crippen LogP contribution < -0.4 is 11.1 Å². The molecule has 1 aromatic carbocycles. The maximum absolute atomic E-state index is 10.2. The number of halogens is 2. The first-order chi connectivity index (χ1) is 13.6. The second-order valence-electron chi connectivity index (χ2n) is 6.72. The van der Waals surface area contributed by atoms with Crippen LogP contribution in [0.4, 0.5) is 5.69 Å². The summed E-state index contributed by atoms with van der Waals surface area (Å²) in [7, 11) is 0. The molecule has 0 aliphatic heterocycles. The van der Waals surface area contributed by atoms with Crippen molar-refractivity contribution in [2.75, 3.05) is 30.3 Å². The third kappa shape index (κ3) is 8.58. The van der Waals surface area contributed by atoms with E-state index in [4.69, 9.17) is 28.9 Å². The predicted octanol–water partition coefficient (Wildman–Crippen LogP) is 5.13. The van der Waals surface area contributed by atoms with Crippen LogP contribution >= 0.6 is 35.0 Å². The van der Waals surface area contributed by atoms with Gasteiger partial charge in [0.25, 0.3) is 0 Å². The zero-order chi connectivity index (χ0) is 20.2. The Bertz CT molecular complexity index is 680. The van der Waals surface area contributed by atoms with Crippen molar-refractivity contribution in [1.29, 1.82) is 0 Å². The smallest absolute Gasteiger partial charge is 0.0915 e. The minimum Gasteiger partial charge on any atom is -0.396 e. The molecule has 28 heavy (non-hydrogen) atoms. The zero-order valence-corrected chi connectivity index (χ0v) is 18.4. The number of aromatic nitrogens is 1. The molecule has 1 unspecified atom stereocenters. The third-order valence-electron chi connectivity index (χ3n) is 4.44. The molecule has 0 aliphatic carbocycles. The monoisotopic (exact) mass is 441 g/mol. The van der Waals surface area contributed by atoms with E-state index in [9.17, 15) is 5.11 Å². The molecule has 0 amide bonds. The highest BCUT2D eigenvalue weighted by Crippen LogP contribution is 2.31. The van der Waals surface area contributed by atoms with E-state index < -0.39 is 6.10 Å². The SMILES string of the molecule is Nc1c(Cl)cc(C(O)CNCCCCCCSCCc2ccccn2)cc1Cl. The summed E-state index contributed by atoms with van der Waals surface area (Å²) in [6.07, 6.45) is 7.04. The molecule has 2 aromatic rings. The fourth-order valence-electron chi connectivity index (χ4n) is 2.79. The van der Waals surface area contributed by atoms with E-state index >= 15 is 0 Å². The van der Waals surface area contributed by atoms with Crippen molar-refractivity contribution in [3.05, 3.63) is 57.8 Å². The van der Waals surface area contributed by atoms with E-state index in [2.05, 4.69) is 16.4 Å². The normalized spacial score (nSPS) is 12.2. The minimum absolute atomic E-state index is 0.349. The molecule has 0 radical (unpaired) electrons. The quantitative estimate of drug-likeness (QED) is 0.296. The van der Waals surface area contributed by atoms with Gasteiger partial charge in [-0.2, -0.15) is 11.8 Å². The number of hydrogen-bond acceptors (Lipinski definition) is 5. The van der Waals surface area contributed by atoms with Crippen LogP contribution in [0.25, 0.3) is 0 Å². The van der Waals surface area contributed by atoms with Crippen LogP contribution in [-0.4, -0.2) is 34.7 Å². The fourth-order valence-corrected chi connectivity index (χ4v) is 4.26. The van der Waals surface area contributed by atoms with Crippen LogP contribution in [0.2, 0.25) is 10.0 Å². The molecule has 0 aliphatic rings. The summed E-state index contributed by atoms with van der Waals surface area (Å²) in [6.45, 7) is 1.36. The molecule has 0 bridgehead atoms. The molecule has 1 heterocycles.